The lowest BCUT2D eigenvalue weighted by Crippen LogP contribution is -2.42. The molecule has 12 atom stereocenters. The van der Waals surface area contributed by atoms with Crippen LogP contribution < -0.4 is 20.9 Å². The minimum atomic E-state index is -4.26. The average Bonchev–Trinajstić information content (AvgIpc) is 4.41. The van der Waals surface area contributed by atoms with Crippen LogP contribution in [0.3, 0.4) is 0 Å². The molecule has 0 unspecified atom stereocenters. The van der Waals surface area contributed by atoms with Crippen LogP contribution in [-0.4, -0.2) is 127 Å². The van der Waals surface area contributed by atoms with Crippen LogP contribution in [0.5, 0.6) is 11.8 Å². The summed E-state index contributed by atoms with van der Waals surface area (Å²) in [5.74, 6) is -2.63. The van der Waals surface area contributed by atoms with Gasteiger partial charge in [-0.05, 0) is 64.1 Å². The van der Waals surface area contributed by atoms with Crippen LogP contribution >= 0.6 is 15.6 Å². The van der Waals surface area contributed by atoms with Crippen molar-refractivity contribution in [3.05, 3.63) is 83.4 Å². The molecule has 10 heterocycles. The third kappa shape index (κ3) is 10.2. The maximum atomic E-state index is 14.3. The zero-order valence-corrected chi connectivity index (χ0v) is 44.2. The van der Waals surface area contributed by atoms with Crippen LogP contribution in [0.4, 0.5) is 39.0 Å². The molecule has 4 N–H and O–H groups in total. The number of carbonyl (C=O) groups excluding carboxylic acids is 2. The first kappa shape index (κ1) is 55.1. The van der Waals surface area contributed by atoms with Gasteiger partial charge in [-0.3, -0.25) is 36.3 Å². The van der Waals surface area contributed by atoms with Gasteiger partial charge in [-0.15, -0.1) is 0 Å². The van der Waals surface area contributed by atoms with Crippen LogP contribution in [0, 0.1) is 23.3 Å². The molecule has 0 spiro atoms. The number of imidazole rings is 2. The number of phosphoric ester groups is 2. The number of anilines is 2. The zero-order chi connectivity index (χ0) is 56.5. The summed E-state index contributed by atoms with van der Waals surface area (Å²) in [6.45, 7) is 6.26. The minimum Gasteiger partial charge on any atom is -0.476 e. The summed E-state index contributed by atoms with van der Waals surface area (Å²) in [6, 6.07) is 5.75. The largest absolute Gasteiger partial charge is 0.509 e. The van der Waals surface area contributed by atoms with E-state index in [0.717, 1.165) is 36.4 Å². The normalized spacial score (nSPS) is 31.6. The fraction of sp³-hybridized carbons (Fsp3) is 0.478. The van der Waals surface area contributed by atoms with Gasteiger partial charge in [0.1, 0.15) is 35.5 Å². The first-order chi connectivity index (χ1) is 38.2. The molecule has 2 aromatic carbocycles. The average molecular weight is 1170 g/mol. The maximum absolute atomic E-state index is 14.3. The molecule has 12 rings (SSSR count). The maximum Gasteiger partial charge on any atom is 0.509 e. The highest BCUT2D eigenvalue weighted by Gasteiger charge is 2.66. The number of benzene rings is 2. The van der Waals surface area contributed by atoms with Gasteiger partial charge in [0.25, 0.3) is 0 Å². The zero-order valence-electron chi connectivity index (χ0n) is 42.4. The molecular weight excluding hydrogens is 1120 g/mol. The van der Waals surface area contributed by atoms with Crippen LogP contribution in [0.1, 0.15) is 76.3 Å². The lowest BCUT2D eigenvalue weighted by atomic mass is 9.96. The van der Waals surface area contributed by atoms with Crippen molar-refractivity contribution in [2.45, 2.75) is 101 Å². The first-order valence-electron chi connectivity index (χ1n) is 24.6. The summed E-state index contributed by atoms with van der Waals surface area (Å²) in [6.07, 6.45) is -7.15. The Hall–Kier alpha value is -6.86. The summed E-state index contributed by atoms with van der Waals surface area (Å²) >= 11 is 0. The highest BCUT2D eigenvalue weighted by molar-refractivity contribution is 7.48. The summed E-state index contributed by atoms with van der Waals surface area (Å²) in [5.41, 5.74) is 9.82. The second-order valence-electron chi connectivity index (χ2n) is 18.7. The Bertz CT molecular complexity index is 3270. The van der Waals surface area contributed by atoms with E-state index in [1.807, 2.05) is 0 Å². The van der Waals surface area contributed by atoms with E-state index >= 15 is 0 Å². The molecule has 34 heteroatoms. The summed E-state index contributed by atoms with van der Waals surface area (Å²) in [4.78, 5) is 49.7. The van der Waals surface area contributed by atoms with Gasteiger partial charge in [-0.1, -0.05) is 0 Å². The molecule has 4 aromatic heterocycles. The number of halogens is 4. The van der Waals surface area contributed by atoms with E-state index in [1.54, 1.807) is 27.7 Å². The number of fused-ring (bicyclic) bond motifs is 4. The number of ether oxygens (including phenoxy) is 8. The van der Waals surface area contributed by atoms with Gasteiger partial charge in [-0.2, -0.15) is 19.9 Å². The minimum absolute atomic E-state index is 0.0778. The number of nitrogen functional groups attached to an aromatic ring is 2. The lowest BCUT2D eigenvalue weighted by molar-refractivity contribution is -0.0928. The Balaban J connectivity index is 0.000000169. The third-order valence-corrected chi connectivity index (χ3v) is 16.5. The van der Waals surface area contributed by atoms with Crippen molar-refractivity contribution in [2.75, 3.05) is 51.1 Å². The lowest BCUT2D eigenvalue weighted by Gasteiger charge is -2.30. The van der Waals surface area contributed by atoms with Crippen molar-refractivity contribution in [2.24, 2.45) is 0 Å². The van der Waals surface area contributed by atoms with Crippen molar-refractivity contribution in [1.29, 1.82) is 0 Å². The molecule has 6 aliphatic rings. The fourth-order valence-corrected chi connectivity index (χ4v) is 12.8. The van der Waals surface area contributed by atoms with Gasteiger partial charge in [0.15, 0.2) is 58.2 Å². The Morgan fingerprint density at radius 1 is 0.650 bits per heavy atom. The molecule has 6 fully saturated rings. The SMILES string of the molecule is CCOc1nc(N)nc2c1ncn2[C@@H]1O[C@H](CO[P@@]2(=O)OCC[C@@H](c3cc(F)ccc3F)O2)[C@H]2OC(=O)O[C@]21C.CCOc1nc(N)nc2c1ncn2[C@@H]1O[C@H](CO[P@]2(=O)OCC[C@H](c3cc(F)ccc3F)O2)[C@H]2OC(=O)O[C@]21C. The smallest absolute Gasteiger partial charge is 0.476 e. The van der Waals surface area contributed by atoms with Crippen LogP contribution in [0.15, 0.2) is 49.1 Å². The van der Waals surface area contributed by atoms with Crippen molar-refractivity contribution >= 4 is 62.2 Å². The van der Waals surface area contributed by atoms with E-state index in [1.165, 1.54) is 21.8 Å². The van der Waals surface area contributed by atoms with Gasteiger partial charge < -0.3 is 49.4 Å². The van der Waals surface area contributed by atoms with Crippen LogP contribution in [0.2, 0.25) is 0 Å². The number of carbonyl (C=O) groups is 2. The predicted octanol–water partition coefficient (Wildman–Crippen LogP) is 7.16. The van der Waals surface area contributed by atoms with Gasteiger partial charge >= 0.3 is 28.0 Å². The number of hydrogen-bond donors (Lipinski definition) is 2. The van der Waals surface area contributed by atoms with E-state index in [-0.39, 0.29) is 72.1 Å². The number of nitrogens with zero attached hydrogens (tertiary/aromatic N) is 8. The monoisotopic (exact) mass is 1170 g/mol. The van der Waals surface area contributed by atoms with Crippen LogP contribution in [-0.2, 0) is 64.7 Å². The number of rotatable bonds is 14. The Morgan fingerprint density at radius 3 is 1.46 bits per heavy atom. The number of aromatic nitrogens is 8. The molecule has 6 aliphatic heterocycles. The standard InChI is InChI=1S/2C23H24F2N5O9P/c2*1-3-33-19-16-18(28-21(26)29-19)30(10-27-16)20-23(2)17(37-22(31)38-23)15(36-20)9-35-40(32)34-7-6-14(39-40)12-8-11(24)4-5-13(12)25/h2*4-5,8,10,14-15,17,20H,3,6-7,9H2,1-2H3,(H2,26,28,29)/t14-,15+,17+,20+,23+,40+;14-,15-,17-,20-,23-,40+/m01/s1. The molecule has 0 bridgehead atoms. The van der Waals surface area contributed by atoms with Gasteiger partial charge in [0, 0.05) is 24.0 Å². The third-order valence-electron chi connectivity index (χ3n) is 13.5. The molecule has 0 radical (unpaired) electrons. The summed E-state index contributed by atoms with van der Waals surface area (Å²) in [7, 11) is -8.52. The molecule has 6 saturated heterocycles. The Morgan fingerprint density at radius 2 is 1.06 bits per heavy atom. The number of nitrogens with two attached hydrogens (primary N) is 2. The molecule has 28 nitrogen and oxygen atoms in total. The second kappa shape index (κ2) is 21.2. The number of phosphoric acid groups is 2. The fourth-order valence-electron chi connectivity index (χ4n) is 9.98. The highest BCUT2D eigenvalue weighted by Crippen LogP contribution is 2.60. The molecular formula is C46H48F4N10O18P2. The van der Waals surface area contributed by atoms with E-state index in [4.69, 9.17) is 76.5 Å². The molecule has 0 saturated carbocycles. The topological polar surface area (TPSA) is 337 Å². The quantitative estimate of drug-likeness (QED) is 0.0620. The van der Waals surface area contributed by atoms with Crippen molar-refractivity contribution in [1.82, 2.24) is 39.0 Å². The number of hydrogen-bond acceptors (Lipinski definition) is 26. The molecule has 80 heavy (non-hydrogen) atoms. The molecule has 6 aromatic rings. The Kier molecular flexibility index (Phi) is 14.6. The van der Waals surface area contributed by atoms with Gasteiger partial charge in [0.2, 0.25) is 23.7 Å². The predicted molar refractivity (Wildman–Crippen MR) is 258 cm³/mol. The van der Waals surface area contributed by atoms with E-state index < -0.39 is 125 Å². The summed E-state index contributed by atoms with van der Waals surface area (Å²) < 4.78 is 163. The first-order valence-corrected chi connectivity index (χ1v) is 27.5. The van der Waals surface area contributed by atoms with Gasteiger partial charge in [-0.25, -0.2) is 46.2 Å². The highest BCUT2D eigenvalue weighted by atomic mass is 31.2. The van der Waals surface area contributed by atoms with E-state index in [9.17, 15) is 36.3 Å². The van der Waals surface area contributed by atoms with Crippen molar-refractivity contribution < 1.29 is 101 Å². The van der Waals surface area contributed by atoms with E-state index in [2.05, 4.69) is 29.9 Å². The summed E-state index contributed by atoms with van der Waals surface area (Å²) in [5, 5.41) is 0. The molecule has 0 aliphatic carbocycles. The molecule has 0 amide bonds. The van der Waals surface area contributed by atoms with Gasteiger partial charge in [0.05, 0.1) is 64.5 Å². The second-order valence-corrected chi connectivity index (χ2v) is 22.0. The van der Waals surface area contributed by atoms with Crippen molar-refractivity contribution in [3.8, 4) is 11.8 Å². The van der Waals surface area contributed by atoms with Crippen LogP contribution in [0.25, 0.3) is 22.3 Å². The molecule has 428 valence electrons. The van der Waals surface area contributed by atoms with E-state index in [0.29, 0.717) is 24.2 Å². The van der Waals surface area contributed by atoms with Crippen molar-refractivity contribution in [3.63, 3.8) is 0 Å². The Labute approximate surface area is 448 Å².